The van der Waals surface area contributed by atoms with E-state index in [4.69, 9.17) is 0 Å². The highest BCUT2D eigenvalue weighted by Gasteiger charge is 2.62. The van der Waals surface area contributed by atoms with E-state index in [1.54, 1.807) is 0 Å². The van der Waals surface area contributed by atoms with Crippen LogP contribution in [0.2, 0.25) is 0 Å². The Morgan fingerprint density at radius 3 is 2.79 bits per heavy atom. The lowest BCUT2D eigenvalue weighted by Crippen LogP contribution is -2.14. The van der Waals surface area contributed by atoms with Gasteiger partial charge in [0.25, 0.3) is 0 Å². The SMILES string of the molecule is C=CC[C@H](O)C1=C(C)C[C@H]2[C@@H]1C2(C)C. The number of aliphatic hydroxyl groups excluding tert-OH is 1. The van der Waals surface area contributed by atoms with Gasteiger partial charge in [-0.25, -0.2) is 0 Å². The highest BCUT2D eigenvalue weighted by Crippen LogP contribution is 2.69. The number of fused-ring (bicyclic) bond motifs is 1. The molecule has 0 saturated heterocycles. The lowest BCUT2D eigenvalue weighted by atomic mass is 9.91. The van der Waals surface area contributed by atoms with Crippen LogP contribution in [0.5, 0.6) is 0 Å². The molecule has 2 rings (SSSR count). The Kier molecular flexibility index (Phi) is 2.11. The fourth-order valence-electron chi connectivity index (χ4n) is 3.23. The molecule has 0 bridgehead atoms. The minimum Gasteiger partial charge on any atom is -0.388 e. The Balaban J connectivity index is 2.18. The quantitative estimate of drug-likeness (QED) is 0.682. The Hall–Kier alpha value is -0.560. The van der Waals surface area contributed by atoms with Crippen molar-refractivity contribution < 1.29 is 5.11 Å². The summed E-state index contributed by atoms with van der Waals surface area (Å²) in [7, 11) is 0. The lowest BCUT2D eigenvalue weighted by Gasteiger charge is -2.17. The van der Waals surface area contributed by atoms with Gasteiger partial charge in [0.05, 0.1) is 6.10 Å². The molecule has 0 unspecified atom stereocenters. The fraction of sp³-hybridized carbons (Fsp3) is 0.692. The van der Waals surface area contributed by atoms with Crippen molar-refractivity contribution in [3.05, 3.63) is 23.8 Å². The summed E-state index contributed by atoms with van der Waals surface area (Å²) in [5, 5.41) is 10.0. The molecule has 0 heterocycles. The van der Waals surface area contributed by atoms with E-state index in [9.17, 15) is 5.11 Å². The van der Waals surface area contributed by atoms with Gasteiger partial charge in [0.15, 0.2) is 0 Å². The molecule has 1 saturated carbocycles. The summed E-state index contributed by atoms with van der Waals surface area (Å²) in [4.78, 5) is 0. The van der Waals surface area contributed by atoms with Gasteiger partial charge < -0.3 is 5.11 Å². The van der Waals surface area contributed by atoms with Crippen molar-refractivity contribution in [1.29, 1.82) is 0 Å². The van der Waals surface area contributed by atoms with Crippen molar-refractivity contribution >= 4 is 0 Å². The third-order valence-corrected chi connectivity index (χ3v) is 4.15. The van der Waals surface area contributed by atoms with Crippen LogP contribution in [0.4, 0.5) is 0 Å². The summed E-state index contributed by atoms with van der Waals surface area (Å²) in [6.45, 7) is 10.5. The molecule has 2 aliphatic rings. The van der Waals surface area contributed by atoms with E-state index in [1.165, 1.54) is 17.6 Å². The average Bonchev–Trinajstić information content (AvgIpc) is 2.48. The van der Waals surface area contributed by atoms with Crippen LogP contribution in [-0.4, -0.2) is 11.2 Å². The molecule has 1 fully saturated rings. The summed E-state index contributed by atoms with van der Waals surface area (Å²) < 4.78 is 0. The molecule has 14 heavy (non-hydrogen) atoms. The smallest absolute Gasteiger partial charge is 0.0789 e. The third kappa shape index (κ3) is 1.18. The normalized spacial score (nSPS) is 35.4. The van der Waals surface area contributed by atoms with Gasteiger partial charge in [-0.3, -0.25) is 0 Å². The molecule has 0 amide bonds. The number of rotatable bonds is 3. The standard InChI is InChI=1S/C13H20O/c1-5-6-10(14)11-8(2)7-9-12(11)13(9,3)4/h5,9-10,12,14H,1,6-7H2,2-4H3/t9-,10-,12-/m0/s1. The minimum absolute atomic E-state index is 0.274. The maximum Gasteiger partial charge on any atom is 0.0789 e. The molecule has 3 atom stereocenters. The van der Waals surface area contributed by atoms with E-state index in [-0.39, 0.29) is 6.10 Å². The molecule has 0 spiro atoms. The highest BCUT2D eigenvalue weighted by molar-refractivity contribution is 5.38. The third-order valence-electron chi connectivity index (χ3n) is 4.15. The largest absolute Gasteiger partial charge is 0.388 e. The molecule has 0 radical (unpaired) electrons. The lowest BCUT2D eigenvalue weighted by molar-refractivity contribution is 0.204. The van der Waals surface area contributed by atoms with Gasteiger partial charge in [-0.1, -0.05) is 25.5 Å². The van der Waals surface area contributed by atoms with Crippen molar-refractivity contribution in [2.45, 2.75) is 39.7 Å². The first-order valence-electron chi connectivity index (χ1n) is 5.48. The maximum atomic E-state index is 10.0. The predicted molar refractivity (Wildman–Crippen MR) is 58.9 cm³/mol. The molecule has 0 aromatic heterocycles. The van der Waals surface area contributed by atoms with Crippen LogP contribution in [0, 0.1) is 17.3 Å². The van der Waals surface area contributed by atoms with Gasteiger partial charge in [0.2, 0.25) is 0 Å². The molecule has 0 aliphatic heterocycles. The zero-order valence-corrected chi connectivity index (χ0v) is 9.38. The number of hydrogen-bond acceptors (Lipinski definition) is 1. The molecular formula is C13H20O. The van der Waals surface area contributed by atoms with Crippen molar-refractivity contribution in [3.63, 3.8) is 0 Å². The van der Waals surface area contributed by atoms with Crippen LogP contribution in [-0.2, 0) is 0 Å². The highest BCUT2D eigenvalue weighted by atomic mass is 16.3. The first-order valence-corrected chi connectivity index (χ1v) is 5.48. The molecule has 1 nitrogen and oxygen atoms in total. The zero-order chi connectivity index (χ0) is 10.5. The molecule has 0 aromatic carbocycles. The van der Waals surface area contributed by atoms with Crippen molar-refractivity contribution in [3.8, 4) is 0 Å². The van der Waals surface area contributed by atoms with E-state index in [0.717, 1.165) is 5.92 Å². The Morgan fingerprint density at radius 1 is 1.64 bits per heavy atom. The number of hydrogen-bond donors (Lipinski definition) is 1. The fourth-order valence-corrected chi connectivity index (χ4v) is 3.23. The van der Waals surface area contributed by atoms with Gasteiger partial charge in [0.1, 0.15) is 0 Å². The first kappa shape index (κ1) is 9.97. The van der Waals surface area contributed by atoms with Crippen LogP contribution >= 0.6 is 0 Å². The summed E-state index contributed by atoms with van der Waals surface area (Å²) in [6.07, 6.45) is 3.44. The van der Waals surface area contributed by atoms with E-state index in [1.807, 2.05) is 6.08 Å². The second kappa shape index (κ2) is 2.96. The molecule has 78 valence electrons. The van der Waals surface area contributed by atoms with Gasteiger partial charge in [0, 0.05) is 0 Å². The second-order valence-electron chi connectivity index (χ2n) is 5.39. The van der Waals surface area contributed by atoms with Crippen LogP contribution in [0.15, 0.2) is 23.8 Å². The van der Waals surface area contributed by atoms with Gasteiger partial charge in [-0.15, -0.1) is 6.58 Å². The van der Waals surface area contributed by atoms with E-state index < -0.39 is 0 Å². The van der Waals surface area contributed by atoms with Crippen LogP contribution in [0.3, 0.4) is 0 Å². The molecule has 1 N–H and O–H groups in total. The zero-order valence-electron chi connectivity index (χ0n) is 9.38. The number of aliphatic hydroxyl groups is 1. The molecule has 1 heteroatoms. The van der Waals surface area contributed by atoms with Crippen LogP contribution in [0.1, 0.15) is 33.6 Å². The van der Waals surface area contributed by atoms with E-state index in [2.05, 4.69) is 27.4 Å². The summed E-state index contributed by atoms with van der Waals surface area (Å²) in [5.41, 5.74) is 3.19. The predicted octanol–water partition coefficient (Wildman–Crippen LogP) is 2.92. The van der Waals surface area contributed by atoms with Gasteiger partial charge in [-0.05, 0) is 42.6 Å². The summed E-state index contributed by atoms with van der Waals surface area (Å²) >= 11 is 0. The average molecular weight is 192 g/mol. The van der Waals surface area contributed by atoms with Crippen molar-refractivity contribution in [2.75, 3.05) is 0 Å². The minimum atomic E-state index is -0.274. The van der Waals surface area contributed by atoms with Crippen LogP contribution < -0.4 is 0 Å². The summed E-state index contributed by atoms with van der Waals surface area (Å²) in [6, 6.07) is 0. The Bertz CT molecular complexity index is 298. The molecular weight excluding hydrogens is 172 g/mol. The Labute approximate surface area is 86.5 Å². The Morgan fingerprint density at radius 2 is 2.29 bits per heavy atom. The summed E-state index contributed by atoms with van der Waals surface area (Å²) in [5.74, 6) is 1.45. The van der Waals surface area contributed by atoms with Gasteiger partial charge >= 0.3 is 0 Å². The monoisotopic (exact) mass is 192 g/mol. The van der Waals surface area contributed by atoms with Crippen LogP contribution in [0.25, 0.3) is 0 Å². The van der Waals surface area contributed by atoms with Gasteiger partial charge in [-0.2, -0.15) is 0 Å². The number of allylic oxidation sites excluding steroid dienone is 1. The van der Waals surface area contributed by atoms with Crippen molar-refractivity contribution in [2.24, 2.45) is 17.3 Å². The molecule has 0 aromatic rings. The van der Waals surface area contributed by atoms with E-state index in [0.29, 0.717) is 17.8 Å². The first-order chi connectivity index (χ1) is 6.50. The second-order valence-corrected chi connectivity index (χ2v) is 5.39. The van der Waals surface area contributed by atoms with E-state index >= 15 is 0 Å². The topological polar surface area (TPSA) is 20.2 Å². The molecule has 2 aliphatic carbocycles. The van der Waals surface area contributed by atoms with Crippen molar-refractivity contribution in [1.82, 2.24) is 0 Å². The maximum absolute atomic E-state index is 10.0.